The molecule has 0 saturated heterocycles. The topological polar surface area (TPSA) is 55.4 Å². The van der Waals surface area contributed by atoms with Crippen LogP contribution in [-0.2, 0) is 14.6 Å². The molecule has 16 heavy (non-hydrogen) atoms. The molecule has 0 atom stereocenters. The zero-order valence-electron chi connectivity index (χ0n) is 10.7. The summed E-state index contributed by atoms with van der Waals surface area (Å²) < 4.78 is 27.7. The van der Waals surface area contributed by atoms with Crippen molar-refractivity contribution < 1.29 is 13.2 Å². The Balaban J connectivity index is 3.22. The minimum atomic E-state index is -2.82. The predicted molar refractivity (Wildman–Crippen MR) is 67.5 cm³/mol. The summed E-state index contributed by atoms with van der Waals surface area (Å²) in [4.78, 5) is 0. The van der Waals surface area contributed by atoms with Gasteiger partial charge in [-0.1, -0.05) is 6.92 Å². The molecule has 4 nitrogen and oxygen atoms in total. The van der Waals surface area contributed by atoms with Crippen LogP contribution in [0.1, 0.15) is 33.6 Å². The van der Waals surface area contributed by atoms with E-state index in [0.717, 1.165) is 26.0 Å². The van der Waals surface area contributed by atoms with Crippen molar-refractivity contribution in [1.82, 2.24) is 5.32 Å². The minimum absolute atomic E-state index is 0.233. The molecule has 0 rings (SSSR count). The molecule has 0 heterocycles. The lowest BCUT2D eigenvalue weighted by atomic mass is 10.3. The highest BCUT2D eigenvalue weighted by molar-refractivity contribution is 7.91. The van der Waals surface area contributed by atoms with Gasteiger partial charge in [0.1, 0.15) is 0 Å². The zero-order chi connectivity index (χ0) is 12.4. The van der Waals surface area contributed by atoms with Crippen molar-refractivity contribution in [2.75, 3.05) is 31.2 Å². The zero-order valence-corrected chi connectivity index (χ0v) is 11.5. The van der Waals surface area contributed by atoms with Gasteiger partial charge in [-0.05, 0) is 33.2 Å². The fourth-order valence-electron chi connectivity index (χ4n) is 1.17. The molecule has 0 saturated carbocycles. The van der Waals surface area contributed by atoms with Crippen LogP contribution in [0.4, 0.5) is 0 Å². The van der Waals surface area contributed by atoms with Crippen LogP contribution in [0.15, 0.2) is 0 Å². The van der Waals surface area contributed by atoms with Crippen LogP contribution in [0.5, 0.6) is 0 Å². The third-order valence-corrected chi connectivity index (χ3v) is 3.93. The molecule has 0 bridgehead atoms. The highest BCUT2D eigenvalue weighted by Crippen LogP contribution is 1.93. The molecule has 0 spiro atoms. The van der Waals surface area contributed by atoms with E-state index in [2.05, 4.69) is 5.32 Å². The lowest BCUT2D eigenvalue weighted by molar-refractivity contribution is 0.0761. The molecule has 0 aromatic rings. The Morgan fingerprint density at radius 3 is 2.44 bits per heavy atom. The molecular weight excluding hydrogens is 226 g/mol. The monoisotopic (exact) mass is 251 g/mol. The van der Waals surface area contributed by atoms with Crippen LogP contribution in [0.3, 0.4) is 0 Å². The van der Waals surface area contributed by atoms with E-state index in [-0.39, 0.29) is 11.5 Å². The molecular formula is C11H25NO3S. The Hall–Kier alpha value is -0.130. The van der Waals surface area contributed by atoms with Crippen molar-refractivity contribution in [3.8, 4) is 0 Å². The van der Waals surface area contributed by atoms with Gasteiger partial charge in [0, 0.05) is 18.9 Å². The summed E-state index contributed by atoms with van der Waals surface area (Å²) in [6, 6.07) is 0. The second-order valence-electron chi connectivity index (χ2n) is 4.11. The largest absolute Gasteiger partial charge is 0.379 e. The summed E-state index contributed by atoms with van der Waals surface area (Å²) >= 11 is 0. The van der Waals surface area contributed by atoms with Gasteiger partial charge in [0.25, 0.3) is 0 Å². The maximum absolute atomic E-state index is 11.1. The molecule has 0 radical (unpaired) electrons. The van der Waals surface area contributed by atoms with Gasteiger partial charge in [-0.25, -0.2) is 8.42 Å². The average Bonchev–Trinajstić information content (AvgIpc) is 2.21. The first-order valence-electron chi connectivity index (χ1n) is 6.00. The molecule has 0 aliphatic heterocycles. The maximum Gasteiger partial charge on any atom is 0.151 e. The van der Waals surface area contributed by atoms with Crippen LogP contribution < -0.4 is 5.32 Å². The van der Waals surface area contributed by atoms with Gasteiger partial charge in [0.2, 0.25) is 0 Å². The average molecular weight is 251 g/mol. The predicted octanol–water partition coefficient (Wildman–Crippen LogP) is 1.22. The molecule has 98 valence electrons. The molecule has 0 aliphatic carbocycles. The Kier molecular flexibility index (Phi) is 8.89. The van der Waals surface area contributed by atoms with E-state index >= 15 is 0 Å². The van der Waals surface area contributed by atoms with E-state index in [0.29, 0.717) is 12.6 Å². The van der Waals surface area contributed by atoms with Gasteiger partial charge in [-0.2, -0.15) is 0 Å². The molecule has 5 heteroatoms. The summed E-state index contributed by atoms with van der Waals surface area (Å²) in [6.45, 7) is 7.93. The van der Waals surface area contributed by atoms with Crippen LogP contribution >= 0.6 is 0 Å². The molecule has 0 unspecified atom stereocenters. The molecule has 1 N–H and O–H groups in total. The number of rotatable bonds is 10. The maximum atomic E-state index is 11.1. The molecule has 0 fully saturated rings. The molecule has 0 aromatic carbocycles. The van der Waals surface area contributed by atoms with Crippen LogP contribution in [0, 0.1) is 0 Å². The highest BCUT2D eigenvalue weighted by Gasteiger charge is 2.05. The molecule has 0 amide bonds. The van der Waals surface area contributed by atoms with E-state index in [9.17, 15) is 8.42 Å². The summed E-state index contributed by atoms with van der Waals surface area (Å²) in [5.41, 5.74) is 0. The van der Waals surface area contributed by atoms with Crippen LogP contribution in [0.25, 0.3) is 0 Å². The third-order valence-electron chi connectivity index (χ3n) is 2.23. The number of nitrogens with one attached hydrogen (secondary N) is 1. The summed E-state index contributed by atoms with van der Waals surface area (Å²) in [5, 5.41) is 3.13. The van der Waals surface area contributed by atoms with E-state index in [4.69, 9.17) is 4.74 Å². The Morgan fingerprint density at radius 1 is 1.19 bits per heavy atom. The standard InChI is InChI=1S/C11H25NO3S/c1-4-16(13,14)10-8-12-7-5-6-9-15-11(2)3/h11-12H,4-10H2,1-3H3. The van der Waals surface area contributed by atoms with Gasteiger partial charge >= 0.3 is 0 Å². The van der Waals surface area contributed by atoms with Crippen molar-refractivity contribution >= 4 is 9.84 Å². The first-order valence-corrected chi connectivity index (χ1v) is 7.83. The number of sulfone groups is 1. The van der Waals surface area contributed by atoms with E-state index in [1.165, 1.54) is 0 Å². The normalized spacial score (nSPS) is 12.2. The fraction of sp³-hybridized carbons (Fsp3) is 1.00. The molecule has 0 aromatic heterocycles. The van der Waals surface area contributed by atoms with Gasteiger partial charge in [-0.15, -0.1) is 0 Å². The first-order chi connectivity index (χ1) is 7.48. The number of hydrogen-bond acceptors (Lipinski definition) is 4. The van der Waals surface area contributed by atoms with Gasteiger partial charge in [0.15, 0.2) is 9.84 Å². The SMILES string of the molecule is CCS(=O)(=O)CCNCCCCOC(C)C. The summed E-state index contributed by atoms with van der Waals surface area (Å²) in [7, 11) is -2.82. The Bertz CT molecular complexity index is 250. The molecule has 0 aliphatic rings. The van der Waals surface area contributed by atoms with E-state index < -0.39 is 9.84 Å². The Labute approximate surface area is 99.7 Å². The van der Waals surface area contributed by atoms with Crippen molar-refractivity contribution in [2.24, 2.45) is 0 Å². The van der Waals surface area contributed by atoms with Crippen LogP contribution in [0.2, 0.25) is 0 Å². The second-order valence-corrected chi connectivity index (χ2v) is 6.59. The number of hydrogen-bond donors (Lipinski definition) is 1. The lowest BCUT2D eigenvalue weighted by Gasteiger charge is -2.07. The third kappa shape index (κ3) is 10.4. The Morgan fingerprint density at radius 2 is 1.88 bits per heavy atom. The highest BCUT2D eigenvalue weighted by atomic mass is 32.2. The van der Waals surface area contributed by atoms with E-state index in [1.54, 1.807) is 6.92 Å². The number of ether oxygens (including phenoxy) is 1. The smallest absolute Gasteiger partial charge is 0.151 e. The van der Waals surface area contributed by atoms with Crippen molar-refractivity contribution in [3.05, 3.63) is 0 Å². The fourth-order valence-corrected chi connectivity index (χ4v) is 1.91. The van der Waals surface area contributed by atoms with Gasteiger partial charge < -0.3 is 10.1 Å². The summed E-state index contributed by atoms with van der Waals surface area (Å²) in [6.07, 6.45) is 2.34. The van der Waals surface area contributed by atoms with Gasteiger partial charge in [0.05, 0.1) is 11.9 Å². The van der Waals surface area contributed by atoms with Crippen molar-refractivity contribution in [3.63, 3.8) is 0 Å². The minimum Gasteiger partial charge on any atom is -0.379 e. The van der Waals surface area contributed by atoms with E-state index in [1.807, 2.05) is 13.8 Å². The second kappa shape index (κ2) is 8.96. The van der Waals surface area contributed by atoms with Crippen molar-refractivity contribution in [1.29, 1.82) is 0 Å². The van der Waals surface area contributed by atoms with Crippen molar-refractivity contribution in [2.45, 2.75) is 39.7 Å². The first kappa shape index (κ1) is 15.9. The lowest BCUT2D eigenvalue weighted by Crippen LogP contribution is -2.24. The van der Waals surface area contributed by atoms with Crippen LogP contribution in [-0.4, -0.2) is 45.7 Å². The quantitative estimate of drug-likeness (QED) is 0.593. The number of unbranched alkanes of at least 4 members (excludes halogenated alkanes) is 1. The van der Waals surface area contributed by atoms with Gasteiger partial charge in [-0.3, -0.25) is 0 Å². The summed E-state index contributed by atoms with van der Waals surface area (Å²) in [5.74, 6) is 0.475.